The topological polar surface area (TPSA) is 91.9 Å². The number of carbonyl (C=O) groups is 1. The smallest absolute Gasteiger partial charge is 0.327 e. The van der Waals surface area contributed by atoms with E-state index in [0.717, 1.165) is 38.2 Å². The third-order valence-electron chi connectivity index (χ3n) is 5.14. The zero-order valence-electron chi connectivity index (χ0n) is 18.1. The van der Waals surface area contributed by atoms with Crippen LogP contribution in [0.25, 0.3) is 0 Å². The Morgan fingerprint density at radius 3 is 2.50 bits per heavy atom. The lowest BCUT2D eigenvalue weighted by atomic mass is 10.2. The number of hydrogen-bond acceptors (Lipinski definition) is 7. The van der Waals surface area contributed by atoms with Crippen LogP contribution in [-0.4, -0.2) is 61.3 Å². The minimum atomic E-state index is -0.260. The first-order valence-electron chi connectivity index (χ1n) is 10.2. The number of amides is 2. The molecule has 1 aliphatic rings. The molecule has 9 nitrogen and oxygen atoms in total. The molecule has 0 spiro atoms. The number of hydrogen-bond donors (Lipinski definition) is 2. The third kappa shape index (κ3) is 5.10. The number of ether oxygens (including phenoxy) is 2. The molecule has 2 amide bonds. The highest BCUT2D eigenvalue weighted by Gasteiger charge is 2.26. The molecule has 1 aromatic heterocycles. The minimum absolute atomic E-state index is 0.260. The van der Waals surface area contributed by atoms with Crippen molar-refractivity contribution in [3.63, 3.8) is 0 Å². The molecule has 1 aromatic carbocycles. The van der Waals surface area contributed by atoms with Gasteiger partial charge in [0.25, 0.3) is 0 Å². The van der Waals surface area contributed by atoms with E-state index in [9.17, 15) is 4.79 Å². The Labute approximate surface area is 177 Å². The maximum atomic E-state index is 12.7. The molecule has 1 aliphatic heterocycles. The van der Waals surface area contributed by atoms with E-state index in [-0.39, 0.29) is 6.03 Å². The van der Waals surface area contributed by atoms with Gasteiger partial charge in [-0.3, -0.25) is 10.2 Å². The molecular formula is C21H30N6O3. The second-order valence-electron chi connectivity index (χ2n) is 6.96. The van der Waals surface area contributed by atoms with Gasteiger partial charge in [0, 0.05) is 36.5 Å². The van der Waals surface area contributed by atoms with Crippen LogP contribution in [0.2, 0.25) is 0 Å². The van der Waals surface area contributed by atoms with Gasteiger partial charge in [0.1, 0.15) is 17.3 Å². The summed E-state index contributed by atoms with van der Waals surface area (Å²) in [5.74, 6) is 2.28. The summed E-state index contributed by atoms with van der Waals surface area (Å²) >= 11 is 0. The summed E-state index contributed by atoms with van der Waals surface area (Å²) in [6, 6.07) is 5.09. The molecule has 0 saturated heterocycles. The quantitative estimate of drug-likeness (QED) is 0.577. The molecule has 2 N–H and O–H groups in total. The van der Waals surface area contributed by atoms with Crippen LogP contribution in [0.5, 0.6) is 11.5 Å². The summed E-state index contributed by atoms with van der Waals surface area (Å²) in [5, 5.41) is 6.10. The number of rotatable bonds is 10. The highest BCUT2D eigenvalue weighted by Crippen LogP contribution is 2.32. The van der Waals surface area contributed by atoms with Gasteiger partial charge in [-0.15, -0.1) is 0 Å². The van der Waals surface area contributed by atoms with Crippen molar-refractivity contribution in [1.82, 2.24) is 14.9 Å². The Morgan fingerprint density at radius 1 is 1.17 bits per heavy atom. The molecule has 2 heterocycles. The van der Waals surface area contributed by atoms with Gasteiger partial charge in [0.2, 0.25) is 5.95 Å². The van der Waals surface area contributed by atoms with Gasteiger partial charge in [-0.05, 0) is 26.1 Å². The number of fused-ring (bicyclic) bond motifs is 1. The Kier molecular flexibility index (Phi) is 7.29. The number of methoxy groups -OCH3 is 2. The van der Waals surface area contributed by atoms with Crippen molar-refractivity contribution in [1.29, 1.82) is 0 Å². The van der Waals surface area contributed by atoms with Gasteiger partial charge >= 0.3 is 6.03 Å². The predicted molar refractivity (Wildman–Crippen MR) is 118 cm³/mol. The standard InChI is InChI=1S/C21H30N6O3/c1-5-26(6-2)9-7-8-22-20-23-13-15-14-27(21(28)25-19(15)24-20)16-10-17(29-3)12-18(11-16)30-4/h10-13H,5-9,14H2,1-4H3,(H2,22,23,24,25,28). The maximum Gasteiger partial charge on any atom is 0.327 e. The van der Waals surface area contributed by atoms with Crippen molar-refractivity contribution in [3.8, 4) is 11.5 Å². The highest BCUT2D eigenvalue weighted by atomic mass is 16.5. The molecule has 9 heteroatoms. The van der Waals surface area contributed by atoms with Crippen molar-refractivity contribution in [2.75, 3.05) is 55.9 Å². The first kappa shape index (κ1) is 21.6. The number of carbonyl (C=O) groups excluding carboxylic acids is 1. The minimum Gasteiger partial charge on any atom is -0.497 e. The summed E-state index contributed by atoms with van der Waals surface area (Å²) in [6.45, 7) is 8.59. The van der Waals surface area contributed by atoms with E-state index in [1.165, 1.54) is 0 Å². The van der Waals surface area contributed by atoms with Crippen LogP contribution >= 0.6 is 0 Å². The zero-order chi connectivity index (χ0) is 21.5. The fraction of sp³-hybridized carbons (Fsp3) is 0.476. The number of nitrogens with one attached hydrogen (secondary N) is 2. The fourth-order valence-corrected chi connectivity index (χ4v) is 3.33. The molecular weight excluding hydrogens is 384 g/mol. The van der Waals surface area contributed by atoms with Crippen LogP contribution in [0.1, 0.15) is 25.8 Å². The van der Waals surface area contributed by atoms with Crippen molar-refractivity contribution in [3.05, 3.63) is 30.0 Å². The Bertz CT molecular complexity index is 850. The van der Waals surface area contributed by atoms with Crippen LogP contribution in [-0.2, 0) is 6.54 Å². The maximum absolute atomic E-state index is 12.7. The van der Waals surface area contributed by atoms with E-state index in [2.05, 4.69) is 39.3 Å². The van der Waals surface area contributed by atoms with Gasteiger partial charge in [-0.25, -0.2) is 9.78 Å². The zero-order valence-corrected chi connectivity index (χ0v) is 18.1. The Hall–Kier alpha value is -3.07. The van der Waals surface area contributed by atoms with Crippen molar-refractivity contribution in [2.24, 2.45) is 0 Å². The van der Waals surface area contributed by atoms with Gasteiger partial charge in [0.15, 0.2) is 0 Å². The lowest BCUT2D eigenvalue weighted by Gasteiger charge is -2.29. The molecule has 0 atom stereocenters. The van der Waals surface area contributed by atoms with Crippen molar-refractivity contribution in [2.45, 2.75) is 26.8 Å². The first-order chi connectivity index (χ1) is 14.6. The van der Waals surface area contributed by atoms with Crippen LogP contribution < -0.4 is 25.0 Å². The average Bonchev–Trinajstić information content (AvgIpc) is 2.78. The lowest BCUT2D eigenvalue weighted by molar-refractivity contribution is 0.256. The normalized spacial score (nSPS) is 13.1. The summed E-state index contributed by atoms with van der Waals surface area (Å²) in [7, 11) is 3.16. The third-order valence-corrected chi connectivity index (χ3v) is 5.14. The second-order valence-corrected chi connectivity index (χ2v) is 6.96. The summed E-state index contributed by atoms with van der Waals surface area (Å²) in [6.07, 6.45) is 2.75. The molecule has 0 radical (unpaired) electrons. The Balaban J connectivity index is 1.67. The number of nitrogens with zero attached hydrogens (tertiary/aromatic N) is 4. The summed E-state index contributed by atoms with van der Waals surface area (Å²) in [5.41, 5.74) is 1.51. The van der Waals surface area contributed by atoms with Gasteiger partial charge in [0.05, 0.1) is 26.5 Å². The van der Waals surface area contributed by atoms with Crippen LogP contribution in [0.3, 0.4) is 0 Å². The van der Waals surface area contributed by atoms with Crippen molar-refractivity contribution < 1.29 is 14.3 Å². The van der Waals surface area contributed by atoms with Gasteiger partial charge < -0.3 is 19.7 Å². The van der Waals surface area contributed by atoms with E-state index in [4.69, 9.17) is 9.47 Å². The molecule has 30 heavy (non-hydrogen) atoms. The second kappa shape index (κ2) is 10.1. The van der Waals surface area contributed by atoms with Crippen molar-refractivity contribution >= 4 is 23.5 Å². The van der Waals surface area contributed by atoms with Crippen LogP contribution in [0, 0.1) is 0 Å². The first-order valence-corrected chi connectivity index (χ1v) is 10.2. The SMILES string of the molecule is CCN(CC)CCCNc1ncc2c(n1)NC(=O)N(c1cc(OC)cc(OC)c1)C2. The molecule has 0 aliphatic carbocycles. The summed E-state index contributed by atoms with van der Waals surface area (Å²) < 4.78 is 10.6. The van der Waals surface area contributed by atoms with E-state index < -0.39 is 0 Å². The van der Waals surface area contributed by atoms with Gasteiger partial charge in [-0.2, -0.15) is 4.98 Å². The van der Waals surface area contributed by atoms with Gasteiger partial charge in [-0.1, -0.05) is 13.8 Å². The number of aromatic nitrogens is 2. The molecule has 0 unspecified atom stereocenters. The van der Waals surface area contributed by atoms with Crippen LogP contribution in [0.15, 0.2) is 24.4 Å². The number of benzene rings is 1. The molecule has 0 saturated carbocycles. The van der Waals surface area contributed by atoms with E-state index in [1.54, 1.807) is 43.5 Å². The number of anilines is 3. The Morgan fingerprint density at radius 2 is 1.87 bits per heavy atom. The largest absolute Gasteiger partial charge is 0.497 e. The van der Waals surface area contributed by atoms with E-state index >= 15 is 0 Å². The molecule has 3 rings (SSSR count). The molecule has 0 bridgehead atoms. The average molecular weight is 415 g/mol. The number of urea groups is 1. The fourth-order valence-electron chi connectivity index (χ4n) is 3.33. The highest BCUT2D eigenvalue weighted by molar-refractivity contribution is 6.03. The van der Waals surface area contributed by atoms with E-state index in [1.807, 2.05) is 0 Å². The monoisotopic (exact) mass is 414 g/mol. The molecule has 0 fully saturated rings. The molecule has 2 aromatic rings. The lowest BCUT2D eigenvalue weighted by Crippen LogP contribution is -2.39. The van der Waals surface area contributed by atoms with Crippen LogP contribution in [0.4, 0.5) is 22.2 Å². The van der Waals surface area contributed by atoms with E-state index in [0.29, 0.717) is 35.5 Å². The summed E-state index contributed by atoms with van der Waals surface area (Å²) in [4.78, 5) is 25.6. The predicted octanol–water partition coefficient (Wildman–Crippen LogP) is 3.19. The molecule has 162 valence electrons.